The SMILES string of the molecule is COc1ccc(CNc2ccc3c(n2)Oc2ccccc2C3C(C)(C)C(=O)Nc2nncs2)cc1. The average molecular weight is 488 g/mol. The van der Waals surface area contributed by atoms with Crippen molar-refractivity contribution in [1.82, 2.24) is 15.2 Å². The summed E-state index contributed by atoms with van der Waals surface area (Å²) in [6, 6.07) is 19.6. The molecule has 0 bridgehead atoms. The maximum atomic E-state index is 13.4. The van der Waals surface area contributed by atoms with Gasteiger partial charge in [-0.15, -0.1) is 10.2 Å². The molecule has 1 unspecified atom stereocenters. The van der Waals surface area contributed by atoms with Crippen LogP contribution in [0.25, 0.3) is 0 Å². The number of fused-ring (bicyclic) bond motifs is 2. The summed E-state index contributed by atoms with van der Waals surface area (Å²) in [5, 5.41) is 14.5. The van der Waals surface area contributed by atoms with Crippen molar-refractivity contribution in [2.45, 2.75) is 26.3 Å². The van der Waals surface area contributed by atoms with Crippen LogP contribution in [-0.2, 0) is 11.3 Å². The van der Waals surface area contributed by atoms with Crippen molar-refractivity contribution in [2.24, 2.45) is 5.41 Å². The molecular weight excluding hydrogens is 462 g/mol. The number of ether oxygens (including phenoxy) is 2. The number of anilines is 2. The fraction of sp³-hybridized carbons (Fsp3) is 0.231. The van der Waals surface area contributed by atoms with Gasteiger partial charge in [0.25, 0.3) is 0 Å². The van der Waals surface area contributed by atoms with E-state index in [4.69, 9.17) is 14.5 Å². The minimum atomic E-state index is -0.819. The quantitative estimate of drug-likeness (QED) is 0.357. The number of carbonyl (C=O) groups excluding carboxylic acids is 1. The zero-order chi connectivity index (χ0) is 24.4. The van der Waals surface area contributed by atoms with Gasteiger partial charge in [-0.3, -0.25) is 4.79 Å². The molecule has 0 radical (unpaired) electrons. The molecule has 178 valence electrons. The molecule has 0 saturated heterocycles. The molecule has 2 aromatic heterocycles. The largest absolute Gasteiger partial charge is 0.497 e. The second-order valence-electron chi connectivity index (χ2n) is 8.79. The van der Waals surface area contributed by atoms with Gasteiger partial charge in [0, 0.05) is 23.6 Å². The predicted octanol–water partition coefficient (Wildman–Crippen LogP) is 5.46. The van der Waals surface area contributed by atoms with Crippen LogP contribution in [0.5, 0.6) is 17.4 Å². The maximum Gasteiger partial charge on any atom is 0.232 e. The van der Waals surface area contributed by atoms with Crippen LogP contribution in [0.3, 0.4) is 0 Å². The lowest BCUT2D eigenvalue weighted by molar-refractivity contribution is -0.124. The van der Waals surface area contributed by atoms with Gasteiger partial charge >= 0.3 is 0 Å². The fourth-order valence-corrected chi connectivity index (χ4v) is 4.71. The van der Waals surface area contributed by atoms with Crippen molar-refractivity contribution in [3.05, 3.63) is 82.9 Å². The molecule has 4 aromatic rings. The van der Waals surface area contributed by atoms with Crippen LogP contribution < -0.4 is 20.1 Å². The van der Waals surface area contributed by atoms with Crippen molar-refractivity contribution in [3.8, 4) is 17.4 Å². The number of methoxy groups -OCH3 is 1. The number of carbonyl (C=O) groups is 1. The summed E-state index contributed by atoms with van der Waals surface area (Å²) in [5.41, 5.74) is 3.67. The molecule has 0 aliphatic carbocycles. The average Bonchev–Trinajstić information content (AvgIpc) is 3.39. The third-order valence-electron chi connectivity index (χ3n) is 6.16. The van der Waals surface area contributed by atoms with E-state index in [9.17, 15) is 4.79 Å². The Morgan fingerprint density at radius 2 is 1.89 bits per heavy atom. The summed E-state index contributed by atoms with van der Waals surface area (Å²) in [6.45, 7) is 4.46. The first-order valence-corrected chi connectivity index (χ1v) is 12.1. The third kappa shape index (κ3) is 4.54. The highest BCUT2D eigenvalue weighted by Crippen LogP contribution is 2.51. The van der Waals surface area contributed by atoms with Gasteiger partial charge in [0.05, 0.1) is 12.5 Å². The topological polar surface area (TPSA) is 98.3 Å². The summed E-state index contributed by atoms with van der Waals surface area (Å²) in [4.78, 5) is 18.1. The minimum Gasteiger partial charge on any atom is -0.497 e. The number of nitrogens with zero attached hydrogens (tertiary/aromatic N) is 3. The van der Waals surface area contributed by atoms with E-state index in [2.05, 4.69) is 20.8 Å². The molecule has 3 heterocycles. The van der Waals surface area contributed by atoms with Crippen molar-refractivity contribution >= 4 is 28.2 Å². The molecule has 1 aliphatic rings. The molecule has 0 fully saturated rings. The van der Waals surface area contributed by atoms with E-state index in [1.54, 1.807) is 12.6 Å². The third-order valence-corrected chi connectivity index (χ3v) is 6.76. The van der Waals surface area contributed by atoms with Gasteiger partial charge in [0.1, 0.15) is 22.8 Å². The number of hydrogen-bond acceptors (Lipinski definition) is 8. The van der Waals surface area contributed by atoms with E-state index in [0.29, 0.717) is 29.1 Å². The number of pyridine rings is 1. The molecule has 1 aliphatic heterocycles. The van der Waals surface area contributed by atoms with E-state index in [1.807, 2.05) is 74.5 Å². The molecule has 9 heteroatoms. The Hall–Kier alpha value is -3.98. The normalized spacial score (nSPS) is 14.3. The number of amides is 1. The number of aromatic nitrogens is 3. The van der Waals surface area contributed by atoms with E-state index < -0.39 is 5.41 Å². The molecule has 35 heavy (non-hydrogen) atoms. The Labute approximate surface area is 207 Å². The molecule has 0 saturated carbocycles. The Morgan fingerprint density at radius 1 is 1.09 bits per heavy atom. The Morgan fingerprint density at radius 3 is 2.63 bits per heavy atom. The second kappa shape index (κ2) is 9.34. The van der Waals surface area contributed by atoms with Crippen LogP contribution in [0.15, 0.2) is 66.2 Å². The van der Waals surface area contributed by atoms with E-state index >= 15 is 0 Å². The highest BCUT2D eigenvalue weighted by molar-refractivity contribution is 7.13. The summed E-state index contributed by atoms with van der Waals surface area (Å²) >= 11 is 1.29. The molecular formula is C26H25N5O3S. The summed E-state index contributed by atoms with van der Waals surface area (Å²) < 4.78 is 11.4. The maximum absolute atomic E-state index is 13.4. The van der Waals surface area contributed by atoms with Crippen molar-refractivity contribution in [1.29, 1.82) is 0 Å². The lowest BCUT2D eigenvalue weighted by Crippen LogP contribution is -2.38. The lowest BCUT2D eigenvalue weighted by Gasteiger charge is -2.37. The smallest absolute Gasteiger partial charge is 0.232 e. The van der Waals surface area contributed by atoms with Gasteiger partial charge in [-0.25, -0.2) is 0 Å². The van der Waals surface area contributed by atoms with Gasteiger partial charge in [0.15, 0.2) is 0 Å². The summed E-state index contributed by atoms with van der Waals surface area (Å²) in [7, 11) is 1.65. The first-order chi connectivity index (χ1) is 17.0. The van der Waals surface area contributed by atoms with Crippen LogP contribution in [-0.4, -0.2) is 28.2 Å². The number of benzene rings is 2. The van der Waals surface area contributed by atoms with Crippen molar-refractivity contribution in [3.63, 3.8) is 0 Å². The Balaban J connectivity index is 1.44. The molecule has 1 amide bonds. The van der Waals surface area contributed by atoms with Crippen molar-refractivity contribution in [2.75, 3.05) is 17.7 Å². The molecule has 5 rings (SSSR count). The highest BCUT2D eigenvalue weighted by Gasteiger charge is 2.44. The zero-order valence-corrected chi connectivity index (χ0v) is 20.4. The van der Waals surface area contributed by atoms with Crippen LogP contribution in [0, 0.1) is 5.41 Å². The van der Waals surface area contributed by atoms with Gasteiger partial charge in [-0.05, 0) is 35.9 Å². The van der Waals surface area contributed by atoms with Gasteiger partial charge in [0.2, 0.25) is 16.9 Å². The van der Waals surface area contributed by atoms with Crippen LogP contribution >= 0.6 is 11.3 Å². The Bertz CT molecular complexity index is 1340. The fourth-order valence-electron chi connectivity index (χ4n) is 4.27. The van der Waals surface area contributed by atoms with Crippen LogP contribution in [0.1, 0.15) is 36.5 Å². The monoisotopic (exact) mass is 487 g/mol. The summed E-state index contributed by atoms with van der Waals surface area (Å²) in [5.74, 6) is 2.28. The number of hydrogen-bond donors (Lipinski definition) is 2. The van der Waals surface area contributed by atoms with E-state index in [1.165, 1.54) is 11.3 Å². The van der Waals surface area contributed by atoms with Gasteiger partial charge in [-0.2, -0.15) is 4.98 Å². The molecule has 2 aromatic carbocycles. The molecule has 8 nitrogen and oxygen atoms in total. The second-order valence-corrected chi connectivity index (χ2v) is 9.62. The Kier molecular flexibility index (Phi) is 6.08. The number of rotatable bonds is 7. The molecule has 0 spiro atoms. The van der Waals surface area contributed by atoms with Gasteiger partial charge in [-0.1, -0.05) is 55.5 Å². The van der Waals surface area contributed by atoms with Crippen molar-refractivity contribution < 1.29 is 14.3 Å². The zero-order valence-electron chi connectivity index (χ0n) is 19.6. The predicted molar refractivity (Wildman–Crippen MR) is 135 cm³/mol. The first-order valence-electron chi connectivity index (χ1n) is 11.2. The van der Waals surface area contributed by atoms with E-state index in [0.717, 1.165) is 22.4 Å². The molecule has 1 atom stereocenters. The van der Waals surface area contributed by atoms with Gasteiger partial charge < -0.3 is 20.1 Å². The molecule has 2 N–H and O–H groups in total. The van der Waals surface area contributed by atoms with E-state index in [-0.39, 0.29) is 11.8 Å². The van der Waals surface area contributed by atoms with Crippen LogP contribution in [0.2, 0.25) is 0 Å². The lowest BCUT2D eigenvalue weighted by atomic mass is 9.70. The highest BCUT2D eigenvalue weighted by atomic mass is 32.1. The number of para-hydroxylation sites is 1. The minimum absolute atomic E-state index is 0.149. The number of nitrogens with one attached hydrogen (secondary N) is 2. The first kappa shape index (κ1) is 22.8. The van der Waals surface area contributed by atoms with Crippen LogP contribution in [0.4, 0.5) is 10.9 Å². The summed E-state index contributed by atoms with van der Waals surface area (Å²) in [6.07, 6.45) is 0. The standard InChI is InChI=1S/C26H25N5O3S/c1-26(2,24(32)30-25-31-28-15-35-25)22-18-6-4-5-7-20(18)34-23-19(22)12-13-21(29-23)27-14-16-8-10-17(33-3)11-9-16/h4-13,15,22H,14H2,1-3H3,(H,27,29)(H,30,31,32).